The number of benzene rings is 1. The van der Waals surface area contributed by atoms with E-state index < -0.39 is 0 Å². The lowest BCUT2D eigenvalue weighted by Gasteiger charge is -2.36. The van der Waals surface area contributed by atoms with Gasteiger partial charge in [0.25, 0.3) is 11.8 Å². The highest BCUT2D eigenvalue weighted by atomic mass is 16.5. The van der Waals surface area contributed by atoms with Crippen LogP contribution >= 0.6 is 0 Å². The molecule has 2 aliphatic heterocycles. The number of aliphatic hydroxyl groups is 1. The first-order chi connectivity index (χ1) is 14.6. The topological polar surface area (TPSA) is 86.5 Å². The number of methoxy groups -OCH3 is 1. The maximum Gasteiger partial charge on any atom is 0.278 e. The molecule has 1 N–H and O–H groups in total. The molecule has 0 aliphatic carbocycles. The van der Waals surface area contributed by atoms with Crippen molar-refractivity contribution in [1.29, 1.82) is 0 Å². The van der Waals surface area contributed by atoms with Crippen molar-refractivity contribution in [3.05, 3.63) is 59.7 Å². The van der Waals surface area contributed by atoms with Crippen molar-refractivity contribution < 1.29 is 23.8 Å². The van der Waals surface area contributed by atoms with Crippen LogP contribution in [0.4, 0.5) is 0 Å². The largest absolute Gasteiger partial charge is 0.497 e. The van der Waals surface area contributed by atoms with Gasteiger partial charge >= 0.3 is 0 Å². The number of hydrogen-bond donors (Lipinski definition) is 1. The molecular weight excluding hydrogens is 386 g/mol. The van der Waals surface area contributed by atoms with E-state index in [0.717, 1.165) is 13.1 Å². The second-order valence-corrected chi connectivity index (χ2v) is 7.28. The van der Waals surface area contributed by atoms with Crippen LogP contribution in [0.5, 0.6) is 5.75 Å². The first-order valence-corrected chi connectivity index (χ1v) is 9.98. The van der Waals surface area contributed by atoms with E-state index in [1.807, 2.05) is 4.90 Å². The molecule has 0 unspecified atom stereocenters. The van der Waals surface area contributed by atoms with Crippen LogP contribution in [0.1, 0.15) is 11.3 Å². The fraction of sp³-hybridized carbons (Fsp3) is 0.364. The lowest BCUT2D eigenvalue weighted by atomic mass is 10.0. The predicted molar refractivity (Wildman–Crippen MR) is 109 cm³/mol. The van der Waals surface area contributed by atoms with E-state index in [0.29, 0.717) is 48.0 Å². The molecule has 158 valence electrons. The zero-order valence-corrected chi connectivity index (χ0v) is 16.9. The molecule has 30 heavy (non-hydrogen) atoms. The monoisotopic (exact) mass is 411 g/mol. The molecule has 1 aromatic carbocycles. The third kappa shape index (κ3) is 3.83. The molecule has 2 aromatic rings. The highest BCUT2D eigenvalue weighted by Gasteiger charge is 2.42. The molecule has 8 heteroatoms. The molecule has 4 rings (SSSR count). The Hall–Kier alpha value is -3.10. The fourth-order valence-corrected chi connectivity index (χ4v) is 3.91. The number of β-amino-alcohol motifs (C(OH)–C–C–N with tert-alkyl or cyclic N) is 1. The summed E-state index contributed by atoms with van der Waals surface area (Å²) >= 11 is 0. The van der Waals surface area contributed by atoms with Gasteiger partial charge < -0.3 is 19.2 Å². The van der Waals surface area contributed by atoms with Crippen molar-refractivity contribution in [1.82, 2.24) is 14.7 Å². The van der Waals surface area contributed by atoms with Crippen molar-refractivity contribution in [3.63, 3.8) is 0 Å². The second kappa shape index (κ2) is 8.73. The van der Waals surface area contributed by atoms with Gasteiger partial charge in [0, 0.05) is 32.7 Å². The Kier molecular flexibility index (Phi) is 5.87. The van der Waals surface area contributed by atoms with Crippen LogP contribution in [0, 0.1) is 0 Å². The average molecular weight is 411 g/mol. The minimum atomic E-state index is -0.325. The summed E-state index contributed by atoms with van der Waals surface area (Å²) < 4.78 is 10.6. The first-order valence-electron chi connectivity index (χ1n) is 9.98. The number of imide groups is 1. The number of rotatable bonds is 7. The fourth-order valence-electron chi connectivity index (χ4n) is 3.91. The number of carbonyl (C=O) groups excluding carboxylic acids is 2. The van der Waals surface area contributed by atoms with Crippen LogP contribution in [-0.2, 0) is 16.1 Å². The lowest BCUT2D eigenvalue weighted by molar-refractivity contribution is -0.138. The summed E-state index contributed by atoms with van der Waals surface area (Å²) in [6, 6.07) is 10.7. The van der Waals surface area contributed by atoms with Gasteiger partial charge in [0.2, 0.25) is 0 Å². The molecule has 0 saturated carbocycles. The molecular formula is C22H25N3O5. The number of ether oxygens (including phenoxy) is 1. The minimum Gasteiger partial charge on any atom is -0.497 e. The zero-order valence-electron chi connectivity index (χ0n) is 16.9. The van der Waals surface area contributed by atoms with Gasteiger partial charge in [-0.1, -0.05) is 12.1 Å². The van der Waals surface area contributed by atoms with Crippen LogP contribution in [0.15, 0.2) is 52.8 Å². The number of carbonyl (C=O) groups is 2. The van der Waals surface area contributed by atoms with Crippen LogP contribution < -0.4 is 4.74 Å². The van der Waals surface area contributed by atoms with Crippen molar-refractivity contribution in [3.8, 4) is 5.75 Å². The Balaban J connectivity index is 1.67. The van der Waals surface area contributed by atoms with Gasteiger partial charge in [0.15, 0.2) is 0 Å². The van der Waals surface area contributed by atoms with Crippen molar-refractivity contribution in [2.24, 2.45) is 0 Å². The van der Waals surface area contributed by atoms with Gasteiger partial charge in [-0.3, -0.25) is 19.4 Å². The first kappa shape index (κ1) is 20.2. The zero-order chi connectivity index (χ0) is 21.1. The molecule has 1 saturated heterocycles. The standard InChI is InChI=1S/C22H25N3O5/c1-29-17-6-4-16(5-7-17)19-20(24-10-8-23(9-11-24)12-13-26)22(28)25(21(19)27)15-18-3-2-14-30-18/h2-7,14,26H,8-13,15H2,1H3. The Morgan fingerprint density at radius 1 is 1.03 bits per heavy atom. The van der Waals surface area contributed by atoms with Gasteiger partial charge in [-0.15, -0.1) is 0 Å². The van der Waals surface area contributed by atoms with E-state index in [1.165, 1.54) is 11.2 Å². The molecule has 0 radical (unpaired) electrons. The van der Waals surface area contributed by atoms with E-state index in [-0.39, 0.29) is 25.0 Å². The van der Waals surface area contributed by atoms with E-state index >= 15 is 0 Å². The molecule has 2 aliphatic rings. The lowest BCUT2D eigenvalue weighted by Crippen LogP contribution is -2.48. The maximum absolute atomic E-state index is 13.3. The highest BCUT2D eigenvalue weighted by molar-refractivity contribution is 6.35. The Labute approximate surface area is 174 Å². The third-order valence-electron chi connectivity index (χ3n) is 5.52. The summed E-state index contributed by atoms with van der Waals surface area (Å²) in [6.45, 7) is 3.48. The number of aliphatic hydroxyl groups excluding tert-OH is 1. The molecule has 0 bridgehead atoms. The van der Waals surface area contributed by atoms with E-state index in [2.05, 4.69) is 4.90 Å². The predicted octanol–water partition coefficient (Wildman–Crippen LogP) is 1.18. The summed E-state index contributed by atoms with van der Waals surface area (Å²) in [5.74, 6) is 0.606. The smallest absolute Gasteiger partial charge is 0.278 e. The second-order valence-electron chi connectivity index (χ2n) is 7.28. The molecule has 1 fully saturated rings. The minimum absolute atomic E-state index is 0.0955. The van der Waals surface area contributed by atoms with E-state index in [9.17, 15) is 14.7 Å². The van der Waals surface area contributed by atoms with Gasteiger partial charge in [0.05, 0.1) is 32.1 Å². The number of amides is 2. The van der Waals surface area contributed by atoms with E-state index in [4.69, 9.17) is 9.15 Å². The van der Waals surface area contributed by atoms with E-state index in [1.54, 1.807) is 43.5 Å². The summed E-state index contributed by atoms with van der Waals surface area (Å²) in [7, 11) is 1.58. The summed E-state index contributed by atoms with van der Waals surface area (Å²) in [5, 5.41) is 9.17. The van der Waals surface area contributed by atoms with Crippen LogP contribution in [0.25, 0.3) is 5.57 Å². The quantitative estimate of drug-likeness (QED) is 0.685. The van der Waals surface area contributed by atoms with Crippen LogP contribution in [0.3, 0.4) is 0 Å². The SMILES string of the molecule is COc1ccc(C2=C(N3CCN(CCO)CC3)C(=O)N(Cc3ccco3)C2=O)cc1. The van der Waals surface area contributed by atoms with Crippen molar-refractivity contribution in [2.45, 2.75) is 6.54 Å². The number of hydrogen-bond acceptors (Lipinski definition) is 7. The summed E-state index contributed by atoms with van der Waals surface area (Å²) in [4.78, 5) is 32.0. The normalized spacial score (nSPS) is 17.9. The Bertz CT molecular complexity index is 928. The van der Waals surface area contributed by atoms with Crippen LogP contribution in [0.2, 0.25) is 0 Å². The number of furan rings is 1. The van der Waals surface area contributed by atoms with Crippen molar-refractivity contribution in [2.75, 3.05) is 46.4 Å². The van der Waals surface area contributed by atoms with Gasteiger partial charge in [-0.2, -0.15) is 0 Å². The third-order valence-corrected chi connectivity index (χ3v) is 5.52. The number of piperazine rings is 1. The van der Waals surface area contributed by atoms with Gasteiger partial charge in [-0.25, -0.2) is 0 Å². The molecule has 0 spiro atoms. The average Bonchev–Trinajstić information content (AvgIpc) is 3.37. The van der Waals surface area contributed by atoms with Gasteiger partial charge in [0.1, 0.15) is 17.2 Å². The summed E-state index contributed by atoms with van der Waals surface area (Å²) in [6.07, 6.45) is 1.53. The Morgan fingerprint density at radius 2 is 1.77 bits per heavy atom. The van der Waals surface area contributed by atoms with Gasteiger partial charge in [-0.05, 0) is 29.8 Å². The highest BCUT2D eigenvalue weighted by Crippen LogP contribution is 2.33. The Morgan fingerprint density at radius 3 is 2.37 bits per heavy atom. The molecule has 3 heterocycles. The van der Waals surface area contributed by atoms with Crippen molar-refractivity contribution >= 4 is 17.4 Å². The molecule has 8 nitrogen and oxygen atoms in total. The maximum atomic E-state index is 13.3. The molecule has 1 aromatic heterocycles. The molecule has 0 atom stereocenters. The molecule has 2 amide bonds. The summed E-state index contributed by atoms with van der Waals surface area (Å²) in [5.41, 5.74) is 1.52. The number of nitrogens with zero attached hydrogens (tertiary/aromatic N) is 3. The van der Waals surface area contributed by atoms with Crippen LogP contribution in [-0.4, -0.2) is 78.1 Å².